The number of hydrogen-bond acceptors (Lipinski definition) is 9. The minimum Gasteiger partial charge on any atom is -0.308 e. The standard InChI is InChI=1S/C63H32N10/c64-33-39-19-23-52(48(27-39)37-68)56-31-47(63-71-61(41-11-3-1-4-12-41)70-62(72-63)42-13-5-2-6-14-42)32-57(53-24-20-40(34-65)28-49(53)38-69)60(56)73-58-25-21-43(50-17-9-7-15-45(50)35-66)29-54(58)55-30-44(22-26-59(55)73)51-18-10-8-16-46(51)36-67/h1-32H. The average molecular weight is 929 g/mol. The van der Waals surface area contributed by atoms with Crippen LogP contribution < -0.4 is 0 Å². The first-order valence-electron chi connectivity index (χ1n) is 22.9. The number of rotatable bonds is 8. The van der Waals surface area contributed by atoms with Crippen molar-refractivity contribution in [1.82, 2.24) is 19.5 Å². The largest absolute Gasteiger partial charge is 0.308 e. The van der Waals surface area contributed by atoms with E-state index >= 15 is 0 Å². The first-order valence-corrected chi connectivity index (χ1v) is 22.9. The molecule has 11 aromatic rings. The lowest BCUT2D eigenvalue weighted by molar-refractivity contribution is 1.07. The fraction of sp³-hybridized carbons (Fsp3) is 0. The van der Waals surface area contributed by atoms with Gasteiger partial charge in [-0.25, -0.2) is 15.0 Å². The van der Waals surface area contributed by atoms with Crippen molar-refractivity contribution in [3.8, 4) is 121 Å². The van der Waals surface area contributed by atoms with Crippen molar-refractivity contribution >= 4 is 21.8 Å². The van der Waals surface area contributed by atoms with Gasteiger partial charge >= 0.3 is 0 Å². The Hall–Kier alpha value is -11.3. The Morgan fingerprint density at radius 3 is 1.10 bits per heavy atom. The van der Waals surface area contributed by atoms with E-state index in [1.807, 2.05) is 133 Å². The fourth-order valence-electron chi connectivity index (χ4n) is 9.50. The highest BCUT2D eigenvalue weighted by molar-refractivity contribution is 6.13. The zero-order valence-electron chi connectivity index (χ0n) is 38.4. The molecule has 0 saturated carbocycles. The molecular weight excluding hydrogens is 897 g/mol. The first-order chi connectivity index (χ1) is 35.9. The molecule has 73 heavy (non-hydrogen) atoms. The van der Waals surface area contributed by atoms with E-state index in [9.17, 15) is 31.6 Å². The second kappa shape index (κ2) is 18.7. The summed E-state index contributed by atoms with van der Waals surface area (Å²) in [5.41, 5.74) is 11.3. The summed E-state index contributed by atoms with van der Waals surface area (Å²) in [6.07, 6.45) is 0. The molecule has 2 aromatic heterocycles. The van der Waals surface area contributed by atoms with Crippen LogP contribution in [0.5, 0.6) is 0 Å². The normalized spacial score (nSPS) is 10.7. The van der Waals surface area contributed by atoms with E-state index in [2.05, 4.69) is 53.1 Å². The number of hydrogen-bond donors (Lipinski definition) is 0. The molecule has 0 aliphatic heterocycles. The van der Waals surface area contributed by atoms with Gasteiger partial charge in [0.25, 0.3) is 0 Å². The molecule has 0 bridgehead atoms. The van der Waals surface area contributed by atoms with Gasteiger partial charge in [-0.2, -0.15) is 31.6 Å². The molecule has 334 valence electrons. The van der Waals surface area contributed by atoms with Gasteiger partial charge < -0.3 is 4.57 Å². The van der Waals surface area contributed by atoms with Crippen LogP contribution in [0.15, 0.2) is 194 Å². The van der Waals surface area contributed by atoms with Gasteiger partial charge in [0.15, 0.2) is 17.5 Å². The van der Waals surface area contributed by atoms with Crippen molar-refractivity contribution in [2.45, 2.75) is 0 Å². The Kier molecular flexibility index (Phi) is 11.3. The maximum atomic E-state index is 10.9. The Balaban J connectivity index is 1.32. The minimum atomic E-state index is 0.223. The number of fused-ring (bicyclic) bond motifs is 3. The summed E-state index contributed by atoms with van der Waals surface area (Å²) in [5.74, 6) is 1.16. The van der Waals surface area contributed by atoms with Crippen molar-refractivity contribution in [2.75, 3.05) is 0 Å². The van der Waals surface area contributed by atoms with Crippen LogP contribution >= 0.6 is 0 Å². The van der Waals surface area contributed by atoms with Gasteiger partial charge in [-0.05, 0) is 95.1 Å². The summed E-state index contributed by atoms with van der Waals surface area (Å²) in [4.78, 5) is 15.2. The van der Waals surface area contributed by atoms with Gasteiger partial charge in [-0.3, -0.25) is 0 Å². The van der Waals surface area contributed by atoms with Gasteiger partial charge in [0, 0.05) is 49.7 Å². The molecular formula is C63H32N10. The van der Waals surface area contributed by atoms with E-state index in [-0.39, 0.29) is 11.1 Å². The molecule has 0 N–H and O–H groups in total. The second-order valence-electron chi connectivity index (χ2n) is 17.0. The lowest BCUT2D eigenvalue weighted by Crippen LogP contribution is -2.05. The second-order valence-corrected chi connectivity index (χ2v) is 17.0. The average Bonchev–Trinajstić information content (AvgIpc) is 3.79. The molecule has 0 radical (unpaired) electrons. The van der Waals surface area contributed by atoms with Crippen LogP contribution in [0.3, 0.4) is 0 Å². The third-order valence-corrected chi connectivity index (χ3v) is 12.9. The van der Waals surface area contributed by atoms with Crippen molar-refractivity contribution in [3.05, 3.63) is 228 Å². The molecule has 0 aliphatic carbocycles. The summed E-state index contributed by atoms with van der Waals surface area (Å²) >= 11 is 0. The molecule has 9 aromatic carbocycles. The molecule has 0 saturated heterocycles. The highest BCUT2D eigenvalue weighted by atomic mass is 15.0. The van der Waals surface area contributed by atoms with E-state index in [0.717, 1.165) is 55.2 Å². The SMILES string of the molecule is N#Cc1ccc(-c2cc(-c3nc(-c4ccccc4)nc(-c4ccccc4)n3)cc(-c3ccc(C#N)cc3C#N)c2-n2c3ccc(-c4ccccc4C#N)cc3c3cc(-c4ccccc4C#N)ccc32)c(C#N)c1. The van der Waals surface area contributed by atoms with Crippen LogP contribution in [0.25, 0.3) is 106 Å². The third kappa shape index (κ3) is 7.91. The molecule has 0 fully saturated rings. The van der Waals surface area contributed by atoms with Gasteiger partial charge in [0.1, 0.15) is 0 Å². The number of nitriles is 6. The summed E-state index contributed by atoms with van der Waals surface area (Å²) in [7, 11) is 0. The van der Waals surface area contributed by atoms with Crippen molar-refractivity contribution < 1.29 is 0 Å². The highest BCUT2D eigenvalue weighted by Crippen LogP contribution is 2.47. The first kappa shape index (κ1) is 44.2. The van der Waals surface area contributed by atoms with Crippen LogP contribution in [-0.2, 0) is 0 Å². The van der Waals surface area contributed by atoms with E-state index in [1.165, 1.54) is 0 Å². The maximum Gasteiger partial charge on any atom is 0.164 e. The fourth-order valence-corrected chi connectivity index (χ4v) is 9.50. The predicted octanol–water partition coefficient (Wildman–Crippen LogP) is 13.9. The number of benzene rings is 9. The van der Waals surface area contributed by atoms with Crippen LogP contribution in [-0.4, -0.2) is 19.5 Å². The quantitative estimate of drug-likeness (QED) is 0.143. The van der Waals surface area contributed by atoms with Crippen molar-refractivity contribution in [2.24, 2.45) is 0 Å². The van der Waals surface area contributed by atoms with Crippen LogP contribution in [0.1, 0.15) is 33.4 Å². The van der Waals surface area contributed by atoms with E-state index in [1.54, 1.807) is 48.5 Å². The molecule has 0 atom stereocenters. The summed E-state index contributed by atoms with van der Waals surface area (Å²) in [6, 6.07) is 73.7. The van der Waals surface area contributed by atoms with Crippen LogP contribution in [0.4, 0.5) is 0 Å². The lowest BCUT2D eigenvalue weighted by Gasteiger charge is -2.22. The van der Waals surface area contributed by atoms with Gasteiger partial charge in [-0.15, -0.1) is 0 Å². The Morgan fingerprint density at radius 2 is 0.685 bits per heavy atom. The molecule has 0 aliphatic rings. The van der Waals surface area contributed by atoms with Gasteiger partial charge in [-0.1, -0.05) is 121 Å². The summed E-state index contributed by atoms with van der Waals surface area (Å²) in [6.45, 7) is 0. The zero-order chi connectivity index (χ0) is 50.0. The van der Waals surface area contributed by atoms with Crippen LogP contribution in [0, 0.1) is 68.0 Å². The van der Waals surface area contributed by atoms with Crippen LogP contribution in [0.2, 0.25) is 0 Å². The summed E-state index contributed by atoms with van der Waals surface area (Å²) in [5, 5.41) is 64.2. The maximum absolute atomic E-state index is 10.9. The minimum absolute atomic E-state index is 0.223. The molecule has 0 unspecified atom stereocenters. The smallest absolute Gasteiger partial charge is 0.164 e. The Morgan fingerprint density at radius 1 is 0.288 bits per heavy atom. The van der Waals surface area contributed by atoms with E-state index < -0.39 is 0 Å². The highest BCUT2D eigenvalue weighted by Gasteiger charge is 2.26. The van der Waals surface area contributed by atoms with E-state index in [0.29, 0.717) is 73.2 Å². The number of aromatic nitrogens is 4. The molecule has 10 heteroatoms. The monoisotopic (exact) mass is 928 g/mol. The third-order valence-electron chi connectivity index (χ3n) is 12.9. The van der Waals surface area contributed by atoms with E-state index in [4.69, 9.17) is 15.0 Å². The van der Waals surface area contributed by atoms with Crippen molar-refractivity contribution in [1.29, 1.82) is 31.6 Å². The lowest BCUT2D eigenvalue weighted by atomic mass is 9.88. The predicted molar refractivity (Wildman–Crippen MR) is 281 cm³/mol. The van der Waals surface area contributed by atoms with Gasteiger partial charge in [0.05, 0.1) is 86.5 Å². The molecule has 0 spiro atoms. The molecule has 10 nitrogen and oxygen atoms in total. The topological polar surface area (TPSA) is 186 Å². The molecule has 2 heterocycles. The van der Waals surface area contributed by atoms with Gasteiger partial charge in [0.2, 0.25) is 0 Å². The Labute approximate surface area is 419 Å². The summed E-state index contributed by atoms with van der Waals surface area (Å²) < 4.78 is 2.11. The molecule has 0 amide bonds. The van der Waals surface area contributed by atoms with Crippen molar-refractivity contribution in [3.63, 3.8) is 0 Å². The Bertz CT molecular complexity index is 4070. The zero-order valence-corrected chi connectivity index (χ0v) is 38.4. The molecule has 11 rings (SSSR count). The number of nitrogens with zero attached hydrogens (tertiary/aromatic N) is 10.